The standard InChI is InChI=1S/C15H21NO4/c1-11-5-6-13(12(2)9-11)20-8-7-14(17)16(3)10-15(18)19-4/h5-6,9H,7-8,10H2,1-4H3. The summed E-state index contributed by atoms with van der Waals surface area (Å²) in [5.74, 6) is 0.190. The molecule has 0 aromatic heterocycles. The van der Waals surface area contributed by atoms with Crippen LogP contribution < -0.4 is 4.74 Å². The molecular weight excluding hydrogens is 258 g/mol. The van der Waals surface area contributed by atoms with Gasteiger partial charge in [0.15, 0.2) is 0 Å². The van der Waals surface area contributed by atoms with Crippen LogP contribution in [0, 0.1) is 13.8 Å². The van der Waals surface area contributed by atoms with Gasteiger partial charge in [0.1, 0.15) is 12.3 Å². The highest BCUT2D eigenvalue weighted by Crippen LogP contribution is 2.18. The number of carbonyl (C=O) groups is 2. The van der Waals surface area contributed by atoms with E-state index in [2.05, 4.69) is 4.74 Å². The number of esters is 1. The zero-order valence-corrected chi connectivity index (χ0v) is 12.4. The highest BCUT2D eigenvalue weighted by molar-refractivity contribution is 5.81. The van der Waals surface area contributed by atoms with Crippen LogP contribution in [-0.2, 0) is 14.3 Å². The Kier molecular flexibility index (Phi) is 6.03. The molecule has 0 atom stereocenters. The van der Waals surface area contributed by atoms with Gasteiger partial charge in [-0.25, -0.2) is 0 Å². The van der Waals surface area contributed by atoms with Crippen molar-refractivity contribution in [3.63, 3.8) is 0 Å². The van der Waals surface area contributed by atoms with Crippen LogP contribution in [-0.4, -0.2) is 44.1 Å². The van der Waals surface area contributed by atoms with Crippen LogP contribution >= 0.6 is 0 Å². The predicted octanol–water partition coefficient (Wildman–Crippen LogP) is 1.70. The van der Waals surface area contributed by atoms with E-state index >= 15 is 0 Å². The van der Waals surface area contributed by atoms with Crippen LogP contribution in [0.15, 0.2) is 18.2 Å². The molecule has 0 radical (unpaired) electrons. The molecule has 1 amide bonds. The van der Waals surface area contributed by atoms with Crippen LogP contribution in [0.25, 0.3) is 0 Å². The summed E-state index contributed by atoms with van der Waals surface area (Å²) in [5, 5.41) is 0. The van der Waals surface area contributed by atoms with E-state index in [0.717, 1.165) is 11.3 Å². The molecular formula is C15H21NO4. The second-order valence-corrected chi connectivity index (χ2v) is 4.69. The normalized spacial score (nSPS) is 10.0. The lowest BCUT2D eigenvalue weighted by Gasteiger charge is -2.16. The van der Waals surface area contributed by atoms with Crippen LogP contribution in [0.3, 0.4) is 0 Å². The van der Waals surface area contributed by atoms with Gasteiger partial charge in [-0.1, -0.05) is 17.7 Å². The highest BCUT2D eigenvalue weighted by atomic mass is 16.5. The molecule has 0 saturated heterocycles. The van der Waals surface area contributed by atoms with Crippen molar-refractivity contribution in [2.75, 3.05) is 27.3 Å². The topological polar surface area (TPSA) is 55.8 Å². The van der Waals surface area contributed by atoms with Crippen LogP contribution in [0.5, 0.6) is 5.75 Å². The summed E-state index contributed by atoms with van der Waals surface area (Å²) in [5.41, 5.74) is 2.21. The number of hydrogen-bond acceptors (Lipinski definition) is 4. The molecule has 110 valence electrons. The van der Waals surface area contributed by atoms with E-state index in [1.807, 2.05) is 32.0 Å². The monoisotopic (exact) mass is 279 g/mol. The zero-order chi connectivity index (χ0) is 15.1. The Bertz CT molecular complexity index is 485. The average Bonchev–Trinajstić information content (AvgIpc) is 2.40. The van der Waals surface area contributed by atoms with E-state index in [-0.39, 0.29) is 25.5 Å². The molecule has 0 saturated carbocycles. The first-order valence-electron chi connectivity index (χ1n) is 6.45. The van der Waals surface area contributed by atoms with Crippen LogP contribution in [0.4, 0.5) is 0 Å². The minimum atomic E-state index is -0.434. The number of ether oxygens (including phenoxy) is 2. The maximum absolute atomic E-state index is 11.8. The number of carbonyl (C=O) groups excluding carboxylic acids is 2. The maximum atomic E-state index is 11.8. The van der Waals surface area contributed by atoms with Crippen molar-refractivity contribution in [3.05, 3.63) is 29.3 Å². The Morgan fingerprint density at radius 2 is 1.95 bits per heavy atom. The average molecular weight is 279 g/mol. The quantitative estimate of drug-likeness (QED) is 0.744. The molecule has 0 spiro atoms. The number of rotatable bonds is 6. The Morgan fingerprint density at radius 1 is 1.25 bits per heavy atom. The van der Waals surface area contributed by atoms with Crippen molar-refractivity contribution in [1.29, 1.82) is 0 Å². The molecule has 0 bridgehead atoms. The van der Waals surface area contributed by atoms with Gasteiger partial charge in [0.2, 0.25) is 5.91 Å². The maximum Gasteiger partial charge on any atom is 0.325 e. The van der Waals surface area contributed by atoms with Crippen molar-refractivity contribution >= 4 is 11.9 Å². The van der Waals surface area contributed by atoms with E-state index in [4.69, 9.17) is 4.74 Å². The van der Waals surface area contributed by atoms with Crippen molar-refractivity contribution in [1.82, 2.24) is 4.90 Å². The minimum Gasteiger partial charge on any atom is -0.493 e. The minimum absolute atomic E-state index is 0.0428. The van der Waals surface area contributed by atoms with Crippen LogP contribution in [0.1, 0.15) is 17.5 Å². The molecule has 20 heavy (non-hydrogen) atoms. The second-order valence-electron chi connectivity index (χ2n) is 4.69. The summed E-state index contributed by atoms with van der Waals surface area (Å²) in [4.78, 5) is 24.1. The Morgan fingerprint density at radius 3 is 2.55 bits per heavy atom. The summed E-state index contributed by atoms with van der Waals surface area (Å²) in [6, 6.07) is 5.89. The van der Waals surface area contributed by atoms with Gasteiger partial charge < -0.3 is 14.4 Å². The third kappa shape index (κ3) is 4.91. The van der Waals surface area contributed by atoms with Gasteiger partial charge in [-0.3, -0.25) is 9.59 Å². The molecule has 0 aliphatic carbocycles. The van der Waals surface area contributed by atoms with Gasteiger partial charge in [-0.15, -0.1) is 0 Å². The molecule has 0 aliphatic heterocycles. The molecule has 0 unspecified atom stereocenters. The van der Waals surface area contributed by atoms with Crippen LogP contribution in [0.2, 0.25) is 0 Å². The number of likely N-dealkylation sites (N-methyl/N-ethyl adjacent to an activating group) is 1. The van der Waals surface area contributed by atoms with Gasteiger partial charge in [-0.2, -0.15) is 0 Å². The number of amides is 1. The summed E-state index contributed by atoms with van der Waals surface area (Å²) in [6.45, 7) is 4.22. The number of aryl methyl sites for hydroxylation is 2. The highest BCUT2D eigenvalue weighted by Gasteiger charge is 2.13. The number of benzene rings is 1. The second kappa shape index (κ2) is 7.53. The van der Waals surface area contributed by atoms with E-state index in [1.54, 1.807) is 7.05 Å². The fourth-order valence-electron chi connectivity index (χ4n) is 1.75. The summed E-state index contributed by atoms with van der Waals surface area (Å²) < 4.78 is 10.1. The van der Waals surface area contributed by atoms with Crippen molar-refractivity contribution in [2.24, 2.45) is 0 Å². The number of nitrogens with zero attached hydrogens (tertiary/aromatic N) is 1. The van der Waals surface area contributed by atoms with Gasteiger partial charge in [0.25, 0.3) is 0 Å². The third-order valence-electron chi connectivity index (χ3n) is 2.92. The molecule has 0 N–H and O–H groups in total. The Balaban J connectivity index is 2.40. The third-order valence-corrected chi connectivity index (χ3v) is 2.92. The van der Waals surface area contributed by atoms with E-state index in [9.17, 15) is 9.59 Å². The smallest absolute Gasteiger partial charge is 0.325 e. The predicted molar refractivity (Wildman–Crippen MR) is 75.7 cm³/mol. The molecule has 0 aliphatic rings. The number of hydrogen-bond donors (Lipinski definition) is 0. The summed E-state index contributed by atoms with van der Waals surface area (Å²) in [6.07, 6.45) is 0.223. The Hall–Kier alpha value is -2.04. The Labute approximate surface area is 119 Å². The van der Waals surface area contributed by atoms with Crippen molar-refractivity contribution in [3.8, 4) is 5.75 Å². The van der Waals surface area contributed by atoms with E-state index in [0.29, 0.717) is 0 Å². The number of methoxy groups -OCH3 is 1. The zero-order valence-electron chi connectivity index (χ0n) is 12.4. The summed E-state index contributed by atoms with van der Waals surface area (Å²) in [7, 11) is 2.86. The summed E-state index contributed by atoms with van der Waals surface area (Å²) >= 11 is 0. The molecule has 1 aromatic carbocycles. The first kappa shape index (κ1) is 16.0. The molecule has 0 heterocycles. The largest absolute Gasteiger partial charge is 0.493 e. The van der Waals surface area contributed by atoms with Crippen molar-refractivity contribution < 1.29 is 19.1 Å². The molecule has 0 fully saturated rings. The lowest BCUT2D eigenvalue weighted by atomic mass is 10.1. The van der Waals surface area contributed by atoms with E-state index < -0.39 is 5.97 Å². The fourth-order valence-corrected chi connectivity index (χ4v) is 1.75. The lowest BCUT2D eigenvalue weighted by molar-refractivity contribution is -0.146. The van der Waals surface area contributed by atoms with Gasteiger partial charge in [-0.05, 0) is 25.5 Å². The van der Waals surface area contributed by atoms with Gasteiger partial charge >= 0.3 is 5.97 Å². The molecule has 5 heteroatoms. The molecule has 5 nitrogen and oxygen atoms in total. The van der Waals surface area contributed by atoms with E-state index in [1.165, 1.54) is 17.6 Å². The fraction of sp³-hybridized carbons (Fsp3) is 0.467. The molecule has 1 rings (SSSR count). The van der Waals surface area contributed by atoms with Crippen molar-refractivity contribution in [2.45, 2.75) is 20.3 Å². The van der Waals surface area contributed by atoms with Gasteiger partial charge in [0.05, 0.1) is 20.1 Å². The lowest BCUT2D eigenvalue weighted by Crippen LogP contribution is -2.33. The SMILES string of the molecule is COC(=O)CN(C)C(=O)CCOc1ccc(C)cc1C. The van der Waals surface area contributed by atoms with Gasteiger partial charge in [0, 0.05) is 7.05 Å². The first-order valence-corrected chi connectivity index (χ1v) is 6.45. The first-order chi connectivity index (χ1) is 9.43. The molecule has 1 aromatic rings.